The first-order chi connectivity index (χ1) is 9.96. The summed E-state index contributed by atoms with van der Waals surface area (Å²) in [6, 6.07) is 5.51. The van der Waals surface area contributed by atoms with E-state index in [0.29, 0.717) is 17.7 Å². The van der Waals surface area contributed by atoms with Crippen LogP contribution >= 0.6 is 0 Å². The Morgan fingerprint density at radius 1 is 1.57 bits per heavy atom. The molecule has 1 heterocycles. The van der Waals surface area contributed by atoms with E-state index in [4.69, 9.17) is 9.84 Å². The van der Waals surface area contributed by atoms with E-state index < -0.39 is 0 Å². The van der Waals surface area contributed by atoms with Gasteiger partial charge >= 0.3 is 0 Å². The zero-order chi connectivity index (χ0) is 15.5. The number of benzene rings is 1. The molecule has 0 aliphatic carbocycles. The lowest BCUT2D eigenvalue weighted by Gasteiger charge is -2.29. The van der Waals surface area contributed by atoms with Crippen LogP contribution in [0.3, 0.4) is 0 Å². The number of ether oxygens (including phenoxy) is 1. The first kappa shape index (κ1) is 15.6. The predicted molar refractivity (Wildman–Crippen MR) is 81.0 cm³/mol. The number of carbonyl (C=O) groups is 1. The highest BCUT2D eigenvalue weighted by Gasteiger charge is 2.38. The van der Waals surface area contributed by atoms with E-state index in [1.54, 1.807) is 6.07 Å². The molecule has 0 spiro atoms. The van der Waals surface area contributed by atoms with Crippen molar-refractivity contribution in [3.63, 3.8) is 0 Å². The number of hydrogen-bond donors (Lipinski definition) is 2. The van der Waals surface area contributed by atoms with Crippen LogP contribution in [0.4, 0.5) is 0 Å². The Morgan fingerprint density at radius 2 is 2.33 bits per heavy atom. The second kappa shape index (κ2) is 6.30. The lowest BCUT2D eigenvalue weighted by Crippen LogP contribution is -2.50. The SMILES string of the molecule is Cc1ccc(C(=O)NC2(C)CCOC2C)c(C#CCO)c1. The molecule has 1 fully saturated rings. The zero-order valence-corrected chi connectivity index (χ0v) is 12.7. The van der Waals surface area contributed by atoms with Crippen molar-refractivity contribution < 1.29 is 14.6 Å². The van der Waals surface area contributed by atoms with E-state index in [-0.39, 0.29) is 24.2 Å². The summed E-state index contributed by atoms with van der Waals surface area (Å²) in [6.07, 6.45) is 0.780. The molecule has 1 aliphatic rings. The summed E-state index contributed by atoms with van der Waals surface area (Å²) < 4.78 is 5.54. The van der Waals surface area contributed by atoms with E-state index in [9.17, 15) is 4.79 Å². The van der Waals surface area contributed by atoms with Crippen molar-refractivity contribution in [2.45, 2.75) is 38.8 Å². The van der Waals surface area contributed by atoms with Crippen molar-refractivity contribution in [2.75, 3.05) is 13.2 Å². The lowest BCUT2D eigenvalue weighted by atomic mass is 9.93. The lowest BCUT2D eigenvalue weighted by molar-refractivity contribution is 0.0727. The van der Waals surface area contributed by atoms with Crippen molar-refractivity contribution in [1.82, 2.24) is 5.32 Å². The van der Waals surface area contributed by atoms with Gasteiger partial charge in [0.05, 0.1) is 17.2 Å². The molecule has 1 aromatic carbocycles. The Kier molecular flexibility index (Phi) is 4.66. The minimum atomic E-state index is -0.357. The van der Waals surface area contributed by atoms with Crippen LogP contribution in [0.1, 0.15) is 41.8 Å². The number of aryl methyl sites for hydroxylation is 1. The topological polar surface area (TPSA) is 58.6 Å². The van der Waals surface area contributed by atoms with Crippen molar-refractivity contribution in [3.8, 4) is 11.8 Å². The van der Waals surface area contributed by atoms with Crippen LogP contribution < -0.4 is 5.32 Å². The van der Waals surface area contributed by atoms with Gasteiger partial charge in [-0.2, -0.15) is 0 Å². The molecule has 1 saturated heterocycles. The summed E-state index contributed by atoms with van der Waals surface area (Å²) in [5.74, 6) is 5.29. The molecule has 21 heavy (non-hydrogen) atoms. The monoisotopic (exact) mass is 287 g/mol. The number of hydrogen-bond acceptors (Lipinski definition) is 3. The molecular formula is C17H21NO3. The predicted octanol–water partition coefficient (Wildman–Crippen LogP) is 1.64. The van der Waals surface area contributed by atoms with Crippen LogP contribution in [0, 0.1) is 18.8 Å². The molecule has 2 N–H and O–H groups in total. The number of rotatable bonds is 2. The normalized spacial score (nSPS) is 24.3. The zero-order valence-electron chi connectivity index (χ0n) is 12.7. The van der Waals surface area contributed by atoms with Gasteiger partial charge in [0.1, 0.15) is 6.61 Å². The van der Waals surface area contributed by atoms with E-state index in [1.807, 2.05) is 32.9 Å². The Balaban J connectivity index is 2.27. The minimum Gasteiger partial charge on any atom is -0.384 e. The maximum atomic E-state index is 12.5. The third-order valence-corrected chi connectivity index (χ3v) is 4.01. The van der Waals surface area contributed by atoms with E-state index in [0.717, 1.165) is 12.0 Å². The average Bonchev–Trinajstić information content (AvgIpc) is 2.76. The fourth-order valence-corrected chi connectivity index (χ4v) is 2.42. The van der Waals surface area contributed by atoms with Crippen LogP contribution in [0.2, 0.25) is 0 Å². The summed E-state index contributed by atoms with van der Waals surface area (Å²) in [7, 11) is 0. The molecule has 1 aromatic rings. The van der Waals surface area contributed by atoms with Crippen LogP contribution in [-0.4, -0.2) is 35.9 Å². The summed E-state index contributed by atoms with van der Waals surface area (Å²) in [6.45, 7) is 6.34. The second-order valence-corrected chi connectivity index (χ2v) is 5.64. The molecule has 0 saturated carbocycles. The molecule has 112 valence electrons. The van der Waals surface area contributed by atoms with Gasteiger partial charge in [0, 0.05) is 12.2 Å². The van der Waals surface area contributed by atoms with Crippen molar-refractivity contribution in [2.24, 2.45) is 0 Å². The second-order valence-electron chi connectivity index (χ2n) is 5.64. The Hall–Kier alpha value is -1.83. The minimum absolute atomic E-state index is 0.0149. The summed E-state index contributed by atoms with van der Waals surface area (Å²) >= 11 is 0. The highest BCUT2D eigenvalue weighted by atomic mass is 16.5. The third-order valence-electron chi connectivity index (χ3n) is 4.01. The number of aliphatic hydroxyl groups excluding tert-OH is 1. The summed E-state index contributed by atoms with van der Waals surface area (Å²) in [5.41, 5.74) is 1.83. The first-order valence-electron chi connectivity index (χ1n) is 7.11. The standard InChI is InChI=1S/C17H21NO3/c1-12-6-7-15(14(11-12)5-4-9-19)16(20)18-17(3)8-10-21-13(17)2/h6-7,11,13,19H,8-10H2,1-3H3,(H,18,20). The summed E-state index contributed by atoms with van der Waals surface area (Å²) in [5, 5.41) is 11.9. The third kappa shape index (κ3) is 3.44. The van der Waals surface area contributed by atoms with Crippen LogP contribution in [-0.2, 0) is 4.74 Å². The summed E-state index contributed by atoms with van der Waals surface area (Å²) in [4.78, 5) is 12.5. The van der Waals surface area contributed by atoms with E-state index in [2.05, 4.69) is 17.2 Å². The van der Waals surface area contributed by atoms with E-state index >= 15 is 0 Å². The molecule has 0 radical (unpaired) electrons. The fraction of sp³-hybridized carbons (Fsp3) is 0.471. The number of amides is 1. The van der Waals surface area contributed by atoms with Crippen molar-refractivity contribution >= 4 is 5.91 Å². The largest absolute Gasteiger partial charge is 0.384 e. The molecule has 1 amide bonds. The quantitative estimate of drug-likeness (QED) is 0.813. The van der Waals surface area contributed by atoms with Gasteiger partial charge in [-0.05, 0) is 44.9 Å². The maximum absolute atomic E-state index is 12.5. The van der Waals surface area contributed by atoms with Gasteiger partial charge in [-0.15, -0.1) is 0 Å². The average molecular weight is 287 g/mol. The highest BCUT2D eigenvalue weighted by molar-refractivity contribution is 5.97. The van der Waals surface area contributed by atoms with E-state index in [1.165, 1.54) is 0 Å². The van der Waals surface area contributed by atoms with Gasteiger partial charge in [0.2, 0.25) is 0 Å². The van der Waals surface area contributed by atoms with Gasteiger partial charge in [-0.25, -0.2) is 0 Å². The molecule has 4 heteroatoms. The number of carbonyl (C=O) groups excluding carboxylic acids is 1. The molecule has 1 aliphatic heterocycles. The molecule has 4 nitrogen and oxygen atoms in total. The molecule has 0 bridgehead atoms. The molecule has 0 aromatic heterocycles. The Morgan fingerprint density at radius 3 is 2.95 bits per heavy atom. The van der Waals surface area contributed by atoms with Crippen molar-refractivity contribution in [1.29, 1.82) is 0 Å². The van der Waals surface area contributed by atoms with Gasteiger partial charge in [-0.3, -0.25) is 4.79 Å². The van der Waals surface area contributed by atoms with Gasteiger partial charge < -0.3 is 15.2 Å². The molecular weight excluding hydrogens is 266 g/mol. The Labute approximate surface area is 125 Å². The smallest absolute Gasteiger partial charge is 0.253 e. The first-order valence-corrected chi connectivity index (χ1v) is 7.11. The maximum Gasteiger partial charge on any atom is 0.253 e. The van der Waals surface area contributed by atoms with Gasteiger partial charge in [0.15, 0.2) is 0 Å². The molecule has 2 rings (SSSR count). The van der Waals surface area contributed by atoms with Crippen LogP contribution in [0.25, 0.3) is 0 Å². The Bertz CT molecular complexity index is 600. The molecule has 2 unspecified atom stereocenters. The fourth-order valence-electron chi connectivity index (χ4n) is 2.42. The molecule has 2 atom stereocenters. The number of aliphatic hydroxyl groups is 1. The van der Waals surface area contributed by atoms with Crippen LogP contribution in [0.5, 0.6) is 0 Å². The van der Waals surface area contributed by atoms with Crippen LogP contribution in [0.15, 0.2) is 18.2 Å². The van der Waals surface area contributed by atoms with Crippen molar-refractivity contribution in [3.05, 3.63) is 34.9 Å². The highest BCUT2D eigenvalue weighted by Crippen LogP contribution is 2.25. The number of nitrogens with one attached hydrogen (secondary N) is 1. The van der Waals surface area contributed by atoms with Gasteiger partial charge in [-0.1, -0.05) is 17.9 Å². The van der Waals surface area contributed by atoms with Gasteiger partial charge in [0.25, 0.3) is 5.91 Å².